The van der Waals surface area contributed by atoms with Crippen molar-refractivity contribution < 1.29 is 28.6 Å². The molecule has 0 saturated carbocycles. The van der Waals surface area contributed by atoms with Gasteiger partial charge in [-0.2, -0.15) is 5.10 Å². The van der Waals surface area contributed by atoms with Crippen molar-refractivity contribution in [2.75, 3.05) is 14.2 Å². The third-order valence-corrected chi connectivity index (χ3v) is 4.70. The predicted molar refractivity (Wildman–Crippen MR) is 104 cm³/mol. The molecule has 3 rings (SSSR count). The number of carboxylic acid groups (broad SMARTS) is 1. The van der Waals surface area contributed by atoms with E-state index in [1.54, 1.807) is 37.4 Å². The van der Waals surface area contributed by atoms with E-state index >= 15 is 0 Å². The molecule has 0 spiro atoms. The number of hydrazone groups is 1. The van der Waals surface area contributed by atoms with Crippen LogP contribution in [0.15, 0.2) is 47.6 Å². The molecule has 0 radical (unpaired) electrons. The van der Waals surface area contributed by atoms with Gasteiger partial charge >= 0.3 is 5.97 Å². The number of nitrogens with zero attached hydrogens (tertiary/aromatic N) is 2. The lowest BCUT2D eigenvalue weighted by Gasteiger charge is -2.23. The molecule has 152 valence electrons. The quantitative estimate of drug-likeness (QED) is 0.770. The SMILES string of the molecule is COc1ccc([C@@H]2CC(c3ccc(F)cc3)=NN2C(=O)CCC(=O)O)c(OC)c1. The zero-order chi connectivity index (χ0) is 21.0. The van der Waals surface area contributed by atoms with E-state index in [-0.39, 0.29) is 18.7 Å². The second kappa shape index (κ2) is 8.72. The number of carbonyl (C=O) groups is 2. The second-order valence-electron chi connectivity index (χ2n) is 6.51. The van der Waals surface area contributed by atoms with Crippen molar-refractivity contribution in [3.63, 3.8) is 0 Å². The topological polar surface area (TPSA) is 88.4 Å². The summed E-state index contributed by atoms with van der Waals surface area (Å²) in [5.74, 6) is -0.700. The molecule has 29 heavy (non-hydrogen) atoms. The highest BCUT2D eigenvalue weighted by atomic mass is 19.1. The molecule has 2 aromatic carbocycles. The van der Waals surface area contributed by atoms with Crippen molar-refractivity contribution in [1.82, 2.24) is 5.01 Å². The molecule has 0 unspecified atom stereocenters. The van der Waals surface area contributed by atoms with E-state index in [0.717, 1.165) is 5.56 Å². The summed E-state index contributed by atoms with van der Waals surface area (Å²) in [5, 5.41) is 14.6. The average molecular weight is 400 g/mol. The first kappa shape index (κ1) is 20.3. The smallest absolute Gasteiger partial charge is 0.303 e. The zero-order valence-electron chi connectivity index (χ0n) is 16.1. The summed E-state index contributed by atoms with van der Waals surface area (Å²) < 4.78 is 24.0. The summed E-state index contributed by atoms with van der Waals surface area (Å²) in [4.78, 5) is 23.6. The Morgan fingerprint density at radius 1 is 1.14 bits per heavy atom. The monoisotopic (exact) mass is 400 g/mol. The fraction of sp³-hybridized carbons (Fsp3) is 0.286. The minimum Gasteiger partial charge on any atom is -0.497 e. The summed E-state index contributed by atoms with van der Waals surface area (Å²) >= 11 is 0. The van der Waals surface area contributed by atoms with Crippen molar-refractivity contribution in [3.8, 4) is 11.5 Å². The van der Waals surface area contributed by atoms with Gasteiger partial charge in [0.15, 0.2) is 0 Å². The predicted octanol–water partition coefficient (Wildman–Crippen LogP) is 3.39. The van der Waals surface area contributed by atoms with E-state index < -0.39 is 17.9 Å². The summed E-state index contributed by atoms with van der Waals surface area (Å²) in [5.41, 5.74) is 2.02. The normalized spacial score (nSPS) is 15.8. The molecule has 1 N–H and O–H groups in total. The summed E-state index contributed by atoms with van der Waals surface area (Å²) in [6.07, 6.45) is -0.0825. The van der Waals surface area contributed by atoms with E-state index in [2.05, 4.69) is 5.10 Å². The van der Waals surface area contributed by atoms with Crippen molar-refractivity contribution in [2.45, 2.75) is 25.3 Å². The van der Waals surface area contributed by atoms with Gasteiger partial charge in [-0.3, -0.25) is 9.59 Å². The second-order valence-corrected chi connectivity index (χ2v) is 6.51. The highest BCUT2D eigenvalue weighted by Crippen LogP contribution is 2.39. The molecule has 0 aromatic heterocycles. The number of hydrogen-bond donors (Lipinski definition) is 1. The van der Waals surface area contributed by atoms with Crippen LogP contribution in [0, 0.1) is 5.82 Å². The van der Waals surface area contributed by atoms with Crippen LogP contribution >= 0.6 is 0 Å². The van der Waals surface area contributed by atoms with Crippen LogP contribution in [0.4, 0.5) is 4.39 Å². The lowest BCUT2D eigenvalue weighted by atomic mass is 9.97. The van der Waals surface area contributed by atoms with Gasteiger partial charge in [0.2, 0.25) is 5.91 Å². The Balaban J connectivity index is 1.97. The van der Waals surface area contributed by atoms with Gasteiger partial charge in [-0.1, -0.05) is 12.1 Å². The van der Waals surface area contributed by atoms with Crippen LogP contribution in [0.3, 0.4) is 0 Å². The fourth-order valence-electron chi connectivity index (χ4n) is 3.22. The summed E-state index contributed by atoms with van der Waals surface area (Å²) in [6.45, 7) is 0. The third kappa shape index (κ3) is 4.53. The number of amides is 1. The Bertz CT molecular complexity index is 943. The number of rotatable bonds is 7. The molecule has 7 nitrogen and oxygen atoms in total. The van der Waals surface area contributed by atoms with E-state index in [1.165, 1.54) is 24.3 Å². The first-order valence-corrected chi connectivity index (χ1v) is 9.02. The molecule has 1 aliphatic rings. The molecule has 1 amide bonds. The van der Waals surface area contributed by atoms with Crippen LogP contribution in [-0.4, -0.2) is 41.9 Å². The minimum atomic E-state index is -1.06. The number of carbonyl (C=O) groups excluding carboxylic acids is 1. The Kier molecular flexibility index (Phi) is 6.11. The van der Waals surface area contributed by atoms with Crippen molar-refractivity contribution in [3.05, 3.63) is 59.4 Å². The van der Waals surface area contributed by atoms with Gasteiger partial charge in [-0.15, -0.1) is 0 Å². The molecule has 0 aliphatic carbocycles. The maximum absolute atomic E-state index is 13.3. The van der Waals surface area contributed by atoms with E-state index in [1.807, 2.05) is 0 Å². The first-order chi connectivity index (χ1) is 13.9. The molecule has 1 atom stereocenters. The molecule has 0 saturated heterocycles. The number of ether oxygens (including phenoxy) is 2. The molecule has 2 aromatic rings. The number of hydrogen-bond acceptors (Lipinski definition) is 5. The van der Waals surface area contributed by atoms with Crippen LogP contribution in [0.5, 0.6) is 11.5 Å². The van der Waals surface area contributed by atoms with Gasteiger partial charge in [0.05, 0.1) is 32.4 Å². The largest absolute Gasteiger partial charge is 0.497 e. The van der Waals surface area contributed by atoms with Crippen LogP contribution in [0.2, 0.25) is 0 Å². The van der Waals surface area contributed by atoms with Crippen LogP contribution < -0.4 is 9.47 Å². The van der Waals surface area contributed by atoms with Gasteiger partial charge in [-0.05, 0) is 29.8 Å². The number of carboxylic acids is 1. The third-order valence-electron chi connectivity index (χ3n) is 4.70. The van der Waals surface area contributed by atoms with Gasteiger partial charge in [-0.25, -0.2) is 9.40 Å². The molecular formula is C21H21FN2O5. The lowest BCUT2D eigenvalue weighted by Crippen LogP contribution is -2.27. The number of aliphatic carboxylic acids is 1. The Labute approximate surface area is 167 Å². The highest BCUT2D eigenvalue weighted by Gasteiger charge is 2.35. The fourth-order valence-corrected chi connectivity index (χ4v) is 3.22. The Hall–Kier alpha value is -3.42. The summed E-state index contributed by atoms with van der Waals surface area (Å²) in [6, 6.07) is 10.6. The van der Waals surface area contributed by atoms with Gasteiger partial charge in [0.25, 0.3) is 0 Å². The van der Waals surface area contributed by atoms with Crippen molar-refractivity contribution in [1.29, 1.82) is 0 Å². The molecule has 0 bridgehead atoms. The lowest BCUT2D eigenvalue weighted by molar-refractivity contribution is -0.141. The highest BCUT2D eigenvalue weighted by molar-refractivity contribution is 6.03. The van der Waals surface area contributed by atoms with Crippen LogP contribution in [0.1, 0.15) is 36.4 Å². The van der Waals surface area contributed by atoms with Gasteiger partial charge in [0, 0.05) is 24.5 Å². The Morgan fingerprint density at radius 3 is 2.48 bits per heavy atom. The number of halogens is 1. The Morgan fingerprint density at radius 2 is 1.86 bits per heavy atom. The molecule has 0 fully saturated rings. The van der Waals surface area contributed by atoms with Crippen LogP contribution in [-0.2, 0) is 9.59 Å². The van der Waals surface area contributed by atoms with E-state index in [0.29, 0.717) is 29.2 Å². The molecule has 1 heterocycles. The summed E-state index contributed by atoms with van der Waals surface area (Å²) in [7, 11) is 3.06. The standard InChI is InChI=1S/C21H21FN2O5/c1-28-15-7-8-16(19(11-15)29-2)18-12-17(13-3-5-14(22)6-4-13)23-24(18)20(25)9-10-21(26)27/h3-8,11,18H,9-10,12H2,1-2H3,(H,26,27)/t18-/m0/s1. The number of benzene rings is 2. The van der Waals surface area contributed by atoms with Gasteiger partial charge in [0.1, 0.15) is 17.3 Å². The first-order valence-electron chi connectivity index (χ1n) is 9.02. The van der Waals surface area contributed by atoms with Gasteiger partial charge < -0.3 is 14.6 Å². The van der Waals surface area contributed by atoms with Crippen molar-refractivity contribution >= 4 is 17.6 Å². The average Bonchev–Trinajstić information content (AvgIpc) is 3.17. The maximum Gasteiger partial charge on any atom is 0.303 e. The zero-order valence-corrected chi connectivity index (χ0v) is 16.1. The molecular weight excluding hydrogens is 379 g/mol. The number of methoxy groups -OCH3 is 2. The molecule has 1 aliphatic heterocycles. The minimum absolute atomic E-state index is 0.176. The maximum atomic E-state index is 13.3. The van der Waals surface area contributed by atoms with Crippen LogP contribution in [0.25, 0.3) is 0 Å². The molecule has 8 heteroatoms. The van der Waals surface area contributed by atoms with Crippen molar-refractivity contribution in [2.24, 2.45) is 5.10 Å². The van der Waals surface area contributed by atoms with E-state index in [4.69, 9.17) is 14.6 Å². The van der Waals surface area contributed by atoms with E-state index in [9.17, 15) is 14.0 Å².